The normalized spacial score (nSPS) is 23.7. The molecule has 1 fully saturated rings. The van der Waals surface area contributed by atoms with E-state index in [4.69, 9.17) is 0 Å². The molecule has 1 heterocycles. The van der Waals surface area contributed by atoms with Crippen LogP contribution >= 0.6 is 11.8 Å². The van der Waals surface area contributed by atoms with Gasteiger partial charge in [0, 0.05) is 13.1 Å². The van der Waals surface area contributed by atoms with Crippen LogP contribution in [0.25, 0.3) is 0 Å². The van der Waals surface area contributed by atoms with E-state index < -0.39 is 0 Å². The molecule has 1 aromatic rings. The molecule has 0 aromatic heterocycles. The molecule has 1 saturated heterocycles. The van der Waals surface area contributed by atoms with Crippen LogP contribution in [0.3, 0.4) is 0 Å². The van der Waals surface area contributed by atoms with E-state index in [1.165, 1.54) is 11.1 Å². The Labute approximate surface area is 113 Å². The molecule has 0 saturated carbocycles. The van der Waals surface area contributed by atoms with E-state index in [0.29, 0.717) is 0 Å². The highest BCUT2D eigenvalue weighted by Crippen LogP contribution is 2.43. The molecule has 2 rings (SSSR count). The predicted octanol–water partition coefficient (Wildman–Crippen LogP) is 2.18. The highest BCUT2D eigenvalue weighted by atomic mass is 32.2. The zero-order valence-corrected chi connectivity index (χ0v) is 12.0. The highest BCUT2D eigenvalue weighted by Gasteiger charge is 2.38. The largest absolute Gasteiger partial charge is 0.324 e. The first kappa shape index (κ1) is 13.4. The number of nitrogens with one attached hydrogen (secondary N) is 1. The molecule has 0 spiro atoms. The van der Waals surface area contributed by atoms with Crippen molar-refractivity contribution in [3.63, 3.8) is 0 Å². The molecular weight excluding hydrogens is 244 g/mol. The van der Waals surface area contributed by atoms with Gasteiger partial charge in [-0.2, -0.15) is 0 Å². The molecule has 3 nitrogen and oxygen atoms in total. The lowest BCUT2D eigenvalue weighted by molar-refractivity contribution is -0.129. The molecular formula is C14H20N2OS. The van der Waals surface area contributed by atoms with Gasteiger partial charge in [-0.25, -0.2) is 0 Å². The molecule has 1 aromatic carbocycles. The lowest BCUT2D eigenvalue weighted by Crippen LogP contribution is -2.35. The van der Waals surface area contributed by atoms with Gasteiger partial charge in [0.15, 0.2) is 0 Å². The van der Waals surface area contributed by atoms with E-state index in [1.807, 2.05) is 31.0 Å². The fourth-order valence-corrected chi connectivity index (χ4v) is 3.64. The van der Waals surface area contributed by atoms with Crippen LogP contribution in [0, 0.1) is 6.92 Å². The summed E-state index contributed by atoms with van der Waals surface area (Å²) in [5.41, 5.74) is 2.52. The van der Waals surface area contributed by atoms with Crippen LogP contribution in [0.2, 0.25) is 0 Å². The summed E-state index contributed by atoms with van der Waals surface area (Å²) in [6, 6.07) is 8.33. The number of carbonyl (C=O) groups is 1. The molecule has 98 valence electrons. The zero-order valence-electron chi connectivity index (χ0n) is 11.1. The van der Waals surface area contributed by atoms with Crippen LogP contribution in [-0.2, 0) is 4.79 Å². The van der Waals surface area contributed by atoms with Crippen LogP contribution in [0.5, 0.6) is 0 Å². The van der Waals surface area contributed by atoms with Crippen LogP contribution in [0.1, 0.15) is 23.4 Å². The summed E-state index contributed by atoms with van der Waals surface area (Å²) in [4.78, 5) is 14.2. The molecule has 18 heavy (non-hydrogen) atoms. The number of hydrogen-bond donors (Lipinski definition) is 1. The third-order valence-electron chi connectivity index (χ3n) is 3.30. The van der Waals surface area contributed by atoms with Gasteiger partial charge in [-0.05, 0) is 32.0 Å². The minimum Gasteiger partial charge on any atom is -0.324 e. The van der Waals surface area contributed by atoms with Crippen LogP contribution < -0.4 is 5.32 Å². The van der Waals surface area contributed by atoms with Crippen molar-refractivity contribution in [2.75, 3.05) is 20.1 Å². The summed E-state index contributed by atoms with van der Waals surface area (Å²) in [6.07, 6.45) is 0. The van der Waals surface area contributed by atoms with Crippen molar-refractivity contribution in [2.45, 2.75) is 24.5 Å². The summed E-state index contributed by atoms with van der Waals surface area (Å²) < 4.78 is 0. The highest BCUT2D eigenvalue weighted by molar-refractivity contribution is 8.01. The number of carbonyl (C=O) groups excluding carboxylic acids is 1. The van der Waals surface area contributed by atoms with E-state index in [2.05, 4.69) is 24.4 Å². The summed E-state index contributed by atoms with van der Waals surface area (Å²) in [6.45, 7) is 5.71. The maximum absolute atomic E-state index is 12.2. The van der Waals surface area contributed by atoms with Crippen molar-refractivity contribution in [1.29, 1.82) is 0 Å². The van der Waals surface area contributed by atoms with E-state index in [9.17, 15) is 4.79 Å². The first-order valence-electron chi connectivity index (χ1n) is 6.31. The second kappa shape index (κ2) is 5.76. The Morgan fingerprint density at radius 3 is 2.78 bits per heavy atom. The van der Waals surface area contributed by atoms with Gasteiger partial charge in [-0.1, -0.05) is 24.3 Å². The maximum atomic E-state index is 12.2. The van der Waals surface area contributed by atoms with Gasteiger partial charge in [0.25, 0.3) is 0 Å². The quantitative estimate of drug-likeness (QED) is 0.904. The van der Waals surface area contributed by atoms with Gasteiger partial charge in [0.05, 0.1) is 5.25 Å². The lowest BCUT2D eigenvalue weighted by atomic mass is 10.1. The second-order valence-electron chi connectivity index (χ2n) is 4.62. The monoisotopic (exact) mass is 264 g/mol. The van der Waals surface area contributed by atoms with Gasteiger partial charge in [0.1, 0.15) is 5.37 Å². The average Bonchev–Trinajstić information content (AvgIpc) is 2.64. The van der Waals surface area contributed by atoms with Crippen molar-refractivity contribution in [3.05, 3.63) is 35.4 Å². The molecule has 0 aliphatic carbocycles. The number of likely N-dealkylation sites (N-methyl/N-ethyl adjacent to an activating group) is 1. The molecule has 1 amide bonds. The molecule has 1 N–H and O–H groups in total. The van der Waals surface area contributed by atoms with Gasteiger partial charge < -0.3 is 10.2 Å². The molecule has 2 atom stereocenters. The van der Waals surface area contributed by atoms with Crippen molar-refractivity contribution in [1.82, 2.24) is 10.2 Å². The SMILES string of the molecule is CNCCN1C(=O)[C@@H](C)S[C@H]1c1ccccc1C. The van der Waals surface area contributed by atoms with Crippen molar-refractivity contribution in [2.24, 2.45) is 0 Å². The molecule has 4 heteroatoms. The van der Waals surface area contributed by atoms with E-state index in [1.54, 1.807) is 11.8 Å². The predicted molar refractivity (Wildman–Crippen MR) is 76.6 cm³/mol. The Balaban J connectivity index is 2.25. The third-order valence-corrected chi connectivity index (χ3v) is 4.68. The van der Waals surface area contributed by atoms with Crippen LogP contribution in [0.15, 0.2) is 24.3 Å². The molecule has 0 bridgehead atoms. The third kappa shape index (κ3) is 2.54. The Hall–Kier alpha value is -1.00. The summed E-state index contributed by atoms with van der Waals surface area (Å²) in [5.74, 6) is 0.253. The van der Waals surface area contributed by atoms with Gasteiger partial charge in [-0.3, -0.25) is 4.79 Å². The lowest BCUT2D eigenvalue weighted by Gasteiger charge is -2.25. The topological polar surface area (TPSA) is 32.3 Å². The number of amides is 1. The number of nitrogens with zero attached hydrogens (tertiary/aromatic N) is 1. The number of benzene rings is 1. The summed E-state index contributed by atoms with van der Waals surface area (Å²) >= 11 is 1.75. The van der Waals surface area contributed by atoms with E-state index in [-0.39, 0.29) is 16.5 Å². The number of rotatable bonds is 4. The first-order chi connectivity index (χ1) is 8.65. The van der Waals surface area contributed by atoms with E-state index >= 15 is 0 Å². The molecule has 1 aliphatic rings. The van der Waals surface area contributed by atoms with Crippen LogP contribution in [0.4, 0.5) is 0 Å². The number of thioether (sulfide) groups is 1. The Morgan fingerprint density at radius 1 is 1.39 bits per heavy atom. The van der Waals surface area contributed by atoms with Crippen LogP contribution in [-0.4, -0.2) is 36.2 Å². The van der Waals surface area contributed by atoms with Crippen molar-refractivity contribution < 1.29 is 4.79 Å². The Kier molecular flexibility index (Phi) is 4.30. The number of aryl methyl sites for hydroxylation is 1. The average molecular weight is 264 g/mol. The molecule has 0 unspecified atom stereocenters. The number of hydrogen-bond acceptors (Lipinski definition) is 3. The fraction of sp³-hybridized carbons (Fsp3) is 0.500. The minimum atomic E-state index is 0.0615. The standard InChI is InChI=1S/C14H20N2OS/c1-10-6-4-5-7-12(10)14-16(9-8-15-3)13(17)11(2)18-14/h4-7,11,14-15H,8-9H2,1-3H3/t11-,14+/m1/s1. The van der Waals surface area contributed by atoms with Gasteiger partial charge >= 0.3 is 0 Å². The van der Waals surface area contributed by atoms with Gasteiger partial charge in [-0.15, -0.1) is 11.8 Å². The van der Waals surface area contributed by atoms with Crippen molar-refractivity contribution in [3.8, 4) is 0 Å². The molecule has 1 aliphatic heterocycles. The first-order valence-corrected chi connectivity index (χ1v) is 7.25. The van der Waals surface area contributed by atoms with Gasteiger partial charge in [0.2, 0.25) is 5.91 Å². The van der Waals surface area contributed by atoms with Crippen molar-refractivity contribution >= 4 is 17.7 Å². The second-order valence-corrected chi connectivity index (χ2v) is 6.05. The van der Waals surface area contributed by atoms with E-state index in [0.717, 1.165) is 13.1 Å². The zero-order chi connectivity index (χ0) is 13.1. The fourth-order valence-electron chi connectivity index (χ4n) is 2.24. The Bertz CT molecular complexity index is 436. The smallest absolute Gasteiger partial charge is 0.236 e. The Morgan fingerprint density at radius 2 is 2.11 bits per heavy atom. The minimum absolute atomic E-state index is 0.0615. The maximum Gasteiger partial charge on any atom is 0.236 e. The summed E-state index contributed by atoms with van der Waals surface area (Å²) in [5, 5.41) is 3.34. The summed E-state index contributed by atoms with van der Waals surface area (Å²) in [7, 11) is 1.92. The molecule has 0 radical (unpaired) electrons.